The summed E-state index contributed by atoms with van der Waals surface area (Å²) in [7, 11) is 0. The van der Waals surface area contributed by atoms with E-state index in [2.05, 4.69) is 6.07 Å². The lowest BCUT2D eigenvalue weighted by Crippen LogP contribution is -2.21. The third-order valence-electron chi connectivity index (χ3n) is 7.60. The molecule has 1 aliphatic rings. The van der Waals surface area contributed by atoms with Crippen LogP contribution in [0.15, 0.2) is 94.7 Å². The van der Waals surface area contributed by atoms with E-state index < -0.39 is 17.7 Å². The summed E-state index contributed by atoms with van der Waals surface area (Å²) in [5.41, 5.74) is 10.9. The lowest BCUT2D eigenvalue weighted by atomic mass is 9.83. The molecule has 0 fully saturated rings. The first-order valence-electron chi connectivity index (χ1n) is 14.3. The van der Waals surface area contributed by atoms with E-state index in [1.54, 1.807) is 19.1 Å². The summed E-state index contributed by atoms with van der Waals surface area (Å²) in [5, 5.41) is 10.5. The van der Waals surface area contributed by atoms with Crippen LogP contribution in [0.2, 0.25) is 0 Å². The molecule has 45 heavy (non-hydrogen) atoms. The Morgan fingerprint density at radius 3 is 2.53 bits per heavy atom. The molecule has 1 unspecified atom stereocenters. The highest BCUT2D eigenvalue weighted by molar-refractivity contribution is 5.96. The zero-order valence-corrected chi connectivity index (χ0v) is 24.8. The van der Waals surface area contributed by atoms with Crippen molar-refractivity contribution in [2.24, 2.45) is 5.73 Å². The molecule has 0 spiro atoms. The lowest BCUT2D eigenvalue weighted by Gasteiger charge is -2.27. The van der Waals surface area contributed by atoms with Gasteiger partial charge in [-0.3, -0.25) is 0 Å². The predicted molar refractivity (Wildman–Crippen MR) is 165 cm³/mol. The minimum absolute atomic E-state index is 0.0357. The number of benzene rings is 4. The maximum absolute atomic E-state index is 13.7. The molecule has 1 aromatic heterocycles. The second-order valence-corrected chi connectivity index (χ2v) is 10.6. The van der Waals surface area contributed by atoms with E-state index in [9.17, 15) is 14.4 Å². The van der Waals surface area contributed by atoms with E-state index in [1.165, 1.54) is 29.8 Å². The lowest BCUT2D eigenvalue weighted by molar-refractivity contribution is 0.0702. The van der Waals surface area contributed by atoms with Gasteiger partial charge in [0.05, 0.1) is 12.5 Å². The Labute approximate surface area is 259 Å². The minimum atomic E-state index is -0.750. The number of carbonyl (C=O) groups is 1. The summed E-state index contributed by atoms with van der Waals surface area (Å²) in [5.74, 6) is -0.283. The number of rotatable bonds is 8. The van der Waals surface area contributed by atoms with E-state index >= 15 is 0 Å². The fraction of sp³-hybridized carbons (Fsp3) is 0.167. The number of nitriles is 1. The second-order valence-electron chi connectivity index (χ2n) is 10.6. The molecule has 0 saturated carbocycles. The van der Waals surface area contributed by atoms with Gasteiger partial charge in [-0.2, -0.15) is 5.26 Å². The molecule has 1 aliphatic heterocycles. The molecular formula is C36H29FN2O6. The van der Waals surface area contributed by atoms with Gasteiger partial charge in [-0.25, -0.2) is 9.18 Å². The summed E-state index contributed by atoms with van der Waals surface area (Å²) < 4.78 is 42.9. The summed E-state index contributed by atoms with van der Waals surface area (Å²) in [6.07, 6.45) is 0. The van der Waals surface area contributed by atoms with Gasteiger partial charge in [-0.05, 0) is 68.3 Å². The summed E-state index contributed by atoms with van der Waals surface area (Å²) in [6.45, 7) is 6.34. The highest BCUT2D eigenvalue weighted by atomic mass is 19.1. The Morgan fingerprint density at radius 2 is 1.78 bits per heavy atom. The third-order valence-corrected chi connectivity index (χ3v) is 7.60. The topological polar surface area (TPSA) is 117 Å². The van der Waals surface area contributed by atoms with Crippen LogP contribution >= 0.6 is 0 Å². The number of esters is 1. The third kappa shape index (κ3) is 5.78. The van der Waals surface area contributed by atoms with Crippen molar-refractivity contribution in [2.45, 2.75) is 33.3 Å². The molecule has 4 aromatic carbocycles. The fourth-order valence-electron chi connectivity index (χ4n) is 5.32. The average Bonchev–Trinajstić information content (AvgIpc) is 3.36. The quantitative estimate of drug-likeness (QED) is 0.142. The Kier molecular flexibility index (Phi) is 7.88. The summed E-state index contributed by atoms with van der Waals surface area (Å²) in [4.78, 5) is 13.0. The number of nitrogens with two attached hydrogens (primary N) is 1. The SMILES string of the molecule is CCOc1cc(C2C(C#N)=C(N)Oc3cc(OC(=O)c4oc5ccc(F)cc5c4C)ccc32)ccc1OCc1ccc(C)cc1. The van der Waals surface area contributed by atoms with Crippen molar-refractivity contribution in [1.82, 2.24) is 0 Å². The van der Waals surface area contributed by atoms with Crippen LogP contribution in [0.1, 0.15) is 51.2 Å². The fourth-order valence-corrected chi connectivity index (χ4v) is 5.32. The molecule has 1 atom stereocenters. The standard InChI is InChI=1S/C36H29FN2O6/c1-4-41-32-15-23(9-13-30(32)42-19-22-7-5-20(2)6-8-22)33-26-12-11-25(17-31(26)45-35(39)28(33)18-38)43-36(40)34-21(3)27-16-24(37)10-14-29(27)44-34/h5-17,33H,4,19,39H2,1-3H3. The molecule has 2 N–H and O–H groups in total. The Morgan fingerprint density at radius 1 is 0.978 bits per heavy atom. The minimum Gasteiger partial charge on any atom is -0.490 e. The largest absolute Gasteiger partial charge is 0.490 e. The normalized spacial score (nSPS) is 14.0. The second kappa shape index (κ2) is 12.1. The molecule has 0 radical (unpaired) electrons. The smallest absolute Gasteiger partial charge is 0.379 e. The van der Waals surface area contributed by atoms with E-state index in [0.717, 1.165) is 11.1 Å². The van der Waals surface area contributed by atoms with Gasteiger partial charge >= 0.3 is 5.97 Å². The number of hydrogen-bond acceptors (Lipinski definition) is 8. The number of carbonyl (C=O) groups excluding carboxylic acids is 1. The predicted octanol–water partition coefficient (Wildman–Crippen LogP) is 7.60. The van der Waals surface area contributed by atoms with E-state index in [-0.39, 0.29) is 23.0 Å². The molecule has 8 nitrogen and oxygen atoms in total. The van der Waals surface area contributed by atoms with Crippen LogP contribution in [0.4, 0.5) is 4.39 Å². The molecule has 0 aliphatic carbocycles. The molecule has 226 valence electrons. The van der Waals surface area contributed by atoms with Crippen molar-refractivity contribution < 1.29 is 32.5 Å². The molecule has 6 rings (SSSR count). The van der Waals surface area contributed by atoms with Gasteiger partial charge < -0.3 is 29.1 Å². The molecule has 0 amide bonds. The number of nitrogens with zero attached hydrogens (tertiary/aromatic N) is 1. The summed E-state index contributed by atoms with van der Waals surface area (Å²) >= 11 is 0. The van der Waals surface area contributed by atoms with Crippen molar-refractivity contribution >= 4 is 16.9 Å². The number of allylic oxidation sites excluding steroid dienone is 1. The number of fused-ring (bicyclic) bond motifs is 2. The first kappa shape index (κ1) is 29.3. The monoisotopic (exact) mass is 604 g/mol. The van der Waals surface area contributed by atoms with Crippen LogP contribution in [0.25, 0.3) is 11.0 Å². The van der Waals surface area contributed by atoms with Gasteiger partial charge in [0.2, 0.25) is 11.6 Å². The first-order valence-corrected chi connectivity index (χ1v) is 14.3. The number of hydrogen-bond donors (Lipinski definition) is 1. The molecule has 5 aromatic rings. The van der Waals surface area contributed by atoms with E-state index in [1.807, 2.05) is 56.3 Å². The van der Waals surface area contributed by atoms with E-state index in [4.69, 9.17) is 29.1 Å². The van der Waals surface area contributed by atoms with E-state index in [0.29, 0.717) is 52.6 Å². The van der Waals surface area contributed by atoms with Crippen LogP contribution < -0.4 is 24.7 Å². The Bertz CT molecular complexity index is 2010. The Hall–Kier alpha value is -5.75. The van der Waals surface area contributed by atoms with Gasteiger partial charge in [-0.1, -0.05) is 42.0 Å². The van der Waals surface area contributed by atoms with Gasteiger partial charge in [0.15, 0.2) is 11.5 Å². The van der Waals surface area contributed by atoms with Crippen LogP contribution in [0, 0.1) is 31.0 Å². The van der Waals surface area contributed by atoms with Crippen molar-refractivity contribution in [2.75, 3.05) is 6.61 Å². The molecule has 9 heteroatoms. The van der Waals surface area contributed by atoms with Gasteiger partial charge in [0.1, 0.15) is 41.1 Å². The molecule has 0 bridgehead atoms. The highest BCUT2D eigenvalue weighted by Gasteiger charge is 2.32. The maximum Gasteiger partial charge on any atom is 0.379 e. The zero-order valence-electron chi connectivity index (χ0n) is 24.8. The maximum atomic E-state index is 13.7. The van der Waals surface area contributed by atoms with Crippen LogP contribution in [-0.2, 0) is 6.61 Å². The van der Waals surface area contributed by atoms with Crippen LogP contribution in [0.5, 0.6) is 23.0 Å². The number of ether oxygens (including phenoxy) is 4. The van der Waals surface area contributed by atoms with Gasteiger partial charge in [0.25, 0.3) is 0 Å². The van der Waals surface area contributed by atoms with Crippen LogP contribution in [0.3, 0.4) is 0 Å². The van der Waals surface area contributed by atoms with Crippen LogP contribution in [-0.4, -0.2) is 12.6 Å². The zero-order chi connectivity index (χ0) is 31.7. The average molecular weight is 605 g/mol. The van der Waals surface area contributed by atoms with Crippen molar-refractivity contribution in [3.8, 4) is 29.1 Å². The highest BCUT2D eigenvalue weighted by Crippen LogP contribution is 2.45. The molecule has 2 heterocycles. The summed E-state index contributed by atoms with van der Waals surface area (Å²) in [6, 6.07) is 24.7. The number of aryl methyl sites for hydroxylation is 2. The molecular weight excluding hydrogens is 575 g/mol. The van der Waals surface area contributed by atoms with Gasteiger partial charge in [-0.15, -0.1) is 0 Å². The van der Waals surface area contributed by atoms with Gasteiger partial charge in [0, 0.05) is 22.6 Å². The molecule has 0 saturated heterocycles. The van der Waals surface area contributed by atoms with Crippen molar-refractivity contribution in [1.29, 1.82) is 5.26 Å². The van der Waals surface area contributed by atoms with Crippen molar-refractivity contribution in [3.63, 3.8) is 0 Å². The van der Waals surface area contributed by atoms with Crippen molar-refractivity contribution in [3.05, 3.63) is 130 Å². The first-order chi connectivity index (χ1) is 21.7. The number of furan rings is 1. The Balaban J connectivity index is 1.29. The number of halogens is 1.